The highest BCUT2D eigenvalue weighted by molar-refractivity contribution is 7.89. The first kappa shape index (κ1) is 29.0. The van der Waals surface area contributed by atoms with Gasteiger partial charge in [-0.15, -0.1) is 0 Å². The van der Waals surface area contributed by atoms with Crippen LogP contribution in [0.5, 0.6) is 5.75 Å². The first-order valence-electron chi connectivity index (χ1n) is 13.3. The number of nitrogens with zero attached hydrogens (tertiary/aromatic N) is 2. The summed E-state index contributed by atoms with van der Waals surface area (Å²) in [5.74, 6) is -0.158. The van der Waals surface area contributed by atoms with Gasteiger partial charge in [-0.2, -0.15) is 9.41 Å². The van der Waals surface area contributed by atoms with Crippen LogP contribution in [0.3, 0.4) is 0 Å². The van der Waals surface area contributed by atoms with Crippen LogP contribution in [0.25, 0.3) is 0 Å². The van der Waals surface area contributed by atoms with Crippen LogP contribution in [0.2, 0.25) is 0 Å². The molecule has 2 amide bonds. The highest BCUT2D eigenvalue weighted by Gasteiger charge is 2.26. The van der Waals surface area contributed by atoms with Crippen LogP contribution < -0.4 is 15.5 Å². The second-order valence-corrected chi connectivity index (χ2v) is 11.6. The Kier molecular flexibility index (Phi) is 10.4. The first-order chi connectivity index (χ1) is 19.4. The molecule has 1 aliphatic carbocycles. The molecule has 210 valence electrons. The Morgan fingerprint density at radius 3 is 2.20 bits per heavy atom. The van der Waals surface area contributed by atoms with Crippen LogP contribution >= 0.6 is 0 Å². The summed E-state index contributed by atoms with van der Waals surface area (Å²) >= 11 is 0. The Labute approximate surface area is 235 Å². The van der Waals surface area contributed by atoms with Gasteiger partial charge >= 0.3 is 0 Å². The zero-order valence-corrected chi connectivity index (χ0v) is 23.1. The van der Waals surface area contributed by atoms with Crippen molar-refractivity contribution in [3.05, 3.63) is 96.1 Å². The Bertz CT molecular complexity index is 1370. The van der Waals surface area contributed by atoms with E-state index in [2.05, 4.69) is 15.8 Å². The molecule has 1 saturated carbocycles. The molecule has 0 heterocycles. The zero-order valence-electron chi connectivity index (χ0n) is 22.2. The fourth-order valence-electron chi connectivity index (χ4n) is 4.44. The Balaban J connectivity index is 1.29. The Morgan fingerprint density at radius 1 is 0.875 bits per heavy atom. The lowest BCUT2D eigenvalue weighted by Crippen LogP contribution is -2.39. The molecule has 0 aromatic heterocycles. The molecule has 40 heavy (non-hydrogen) atoms. The minimum atomic E-state index is -3.92. The number of carbonyl (C=O) groups excluding carboxylic acids is 2. The van der Waals surface area contributed by atoms with E-state index in [1.165, 1.54) is 24.8 Å². The number of benzene rings is 3. The molecule has 3 aromatic rings. The maximum Gasteiger partial charge on any atom is 0.258 e. The molecule has 2 N–H and O–H groups in total. The molecule has 1 fully saturated rings. The van der Waals surface area contributed by atoms with Gasteiger partial charge in [-0.1, -0.05) is 67.8 Å². The van der Waals surface area contributed by atoms with Gasteiger partial charge in [-0.05, 0) is 60.4 Å². The van der Waals surface area contributed by atoms with Crippen molar-refractivity contribution in [2.75, 3.05) is 13.2 Å². The van der Waals surface area contributed by atoms with Crippen molar-refractivity contribution in [2.24, 2.45) is 5.10 Å². The van der Waals surface area contributed by atoms with Gasteiger partial charge in [0.1, 0.15) is 5.75 Å². The lowest BCUT2D eigenvalue weighted by atomic mass is 9.95. The van der Waals surface area contributed by atoms with Crippen LogP contribution in [0.4, 0.5) is 0 Å². The lowest BCUT2D eigenvalue weighted by molar-refractivity contribution is -0.124. The van der Waals surface area contributed by atoms with Gasteiger partial charge in [0.25, 0.3) is 11.8 Å². The Morgan fingerprint density at radius 2 is 1.52 bits per heavy atom. The highest BCUT2D eigenvalue weighted by atomic mass is 32.2. The van der Waals surface area contributed by atoms with Crippen LogP contribution in [0, 0.1) is 0 Å². The molecule has 1 aliphatic rings. The Hall–Kier alpha value is -4.02. The number of sulfonamides is 1. The SMILES string of the molecule is O=C(CN(Cc1ccccc1)S(=O)(=O)c1ccccc1)N/N=C/c1ccc(OCC(=O)NC2CCCCC2)cc1. The molecule has 0 atom stereocenters. The molecule has 4 rings (SSSR count). The van der Waals surface area contributed by atoms with Crippen molar-refractivity contribution in [3.8, 4) is 5.75 Å². The normalized spacial score (nSPS) is 14.2. The number of amides is 2. The average Bonchev–Trinajstić information content (AvgIpc) is 2.98. The van der Waals surface area contributed by atoms with Crippen LogP contribution in [-0.2, 0) is 26.2 Å². The average molecular weight is 563 g/mol. The van der Waals surface area contributed by atoms with E-state index in [-0.39, 0.29) is 30.0 Å². The van der Waals surface area contributed by atoms with E-state index in [0.717, 1.165) is 35.6 Å². The number of ether oxygens (including phenoxy) is 1. The summed E-state index contributed by atoms with van der Waals surface area (Å²) in [5.41, 5.74) is 3.85. The van der Waals surface area contributed by atoms with Gasteiger partial charge in [0.15, 0.2) is 6.61 Å². The summed E-state index contributed by atoms with van der Waals surface area (Å²) in [6, 6.07) is 24.2. The number of carbonyl (C=O) groups is 2. The summed E-state index contributed by atoms with van der Waals surface area (Å²) < 4.78 is 33.2. The molecule has 10 heteroatoms. The summed E-state index contributed by atoms with van der Waals surface area (Å²) in [6.07, 6.45) is 7.01. The maximum atomic E-state index is 13.3. The third-order valence-electron chi connectivity index (χ3n) is 6.53. The minimum absolute atomic E-state index is 0.0370. The van der Waals surface area contributed by atoms with Crippen LogP contribution in [0.1, 0.15) is 43.2 Å². The number of hydrazone groups is 1. The largest absolute Gasteiger partial charge is 0.484 e. The van der Waals surface area contributed by atoms with Gasteiger partial charge in [0, 0.05) is 12.6 Å². The van der Waals surface area contributed by atoms with Gasteiger partial charge in [-0.3, -0.25) is 9.59 Å². The molecular weight excluding hydrogens is 528 g/mol. The summed E-state index contributed by atoms with van der Waals surface area (Å²) in [5, 5.41) is 6.99. The van der Waals surface area contributed by atoms with Crippen LogP contribution in [0.15, 0.2) is 94.9 Å². The van der Waals surface area contributed by atoms with Gasteiger partial charge in [0.2, 0.25) is 10.0 Å². The van der Waals surface area contributed by atoms with E-state index in [9.17, 15) is 18.0 Å². The molecular formula is C30H34N4O5S. The van der Waals surface area contributed by atoms with Gasteiger partial charge in [-0.25, -0.2) is 13.8 Å². The van der Waals surface area contributed by atoms with E-state index < -0.39 is 22.5 Å². The summed E-state index contributed by atoms with van der Waals surface area (Å²) in [4.78, 5) is 24.9. The lowest BCUT2D eigenvalue weighted by Gasteiger charge is -2.22. The highest BCUT2D eigenvalue weighted by Crippen LogP contribution is 2.19. The molecule has 3 aromatic carbocycles. The van der Waals surface area contributed by atoms with Crippen molar-refractivity contribution in [1.29, 1.82) is 0 Å². The second-order valence-electron chi connectivity index (χ2n) is 9.63. The number of nitrogens with one attached hydrogen (secondary N) is 2. The third-order valence-corrected chi connectivity index (χ3v) is 8.33. The molecule has 0 spiro atoms. The number of hydrogen-bond acceptors (Lipinski definition) is 6. The predicted octanol–water partition coefficient (Wildman–Crippen LogP) is 3.86. The number of hydrogen-bond donors (Lipinski definition) is 2. The fourth-order valence-corrected chi connectivity index (χ4v) is 5.85. The topological polar surface area (TPSA) is 117 Å². The predicted molar refractivity (Wildman–Crippen MR) is 153 cm³/mol. The molecule has 0 saturated heterocycles. The third kappa shape index (κ3) is 8.75. The smallest absolute Gasteiger partial charge is 0.258 e. The minimum Gasteiger partial charge on any atom is -0.484 e. The summed E-state index contributed by atoms with van der Waals surface area (Å²) in [6.45, 7) is -0.417. The molecule has 0 bridgehead atoms. The van der Waals surface area contributed by atoms with Crippen molar-refractivity contribution < 1.29 is 22.7 Å². The van der Waals surface area contributed by atoms with E-state index in [1.54, 1.807) is 54.6 Å². The van der Waals surface area contributed by atoms with E-state index in [1.807, 2.05) is 18.2 Å². The second kappa shape index (κ2) is 14.4. The van der Waals surface area contributed by atoms with Crippen molar-refractivity contribution >= 4 is 28.1 Å². The van der Waals surface area contributed by atoms with Gasteiger partial charge < -0.3 is 10.1 Å². The van der Waals surface area contributed by atoms with Crippen molar-refractivity contribution in [1.82, 2.24) is 15.0 Å². The van der Waals surface area contributed by atoms with E-state index in [4.69, 9.17) is 4.74 Å². The summed E-state index contributed by atoms with van der Waals surface area (Å²) in [7, 11) is -3.92. The quantitative estimate of drug-likeness (QED) is 0.257. The monoisotopic (exact) mass is 562 g/mol. The molecule has 0 radical (unpaired) electrons. The van der Waals surface area contributed by atoms with E-state index >= 15 is 0 Å². The molecule has 9 nitrogen and oxygen atoms in total. The van der Waals surface area contributed by atoms with E-state index in [0.29, 0.717) is 11.3 Å². The zero-order chi connectivity index (χ0) is 28.2. The van der Waals surface area contributed by atoms with Crippen molar-refractivity contribution in [3.63, 3.8) is 0 Å². The number of rotatable bonds is 12. The standard InChI is InChI=1S/C30H34N4O5S/c35-29(22-34(21-25-10-4-1-5-11-25)40(37,38)28-14-8-3-9-15-28)33-31-20-24-16-18-27(19-17-24)39-23-30(36)32-26-12-6-2-7-13-26/h1,3-5,8-11,14-20,26H,2,6-7,12-13,21-23H2,(H,32,36)(H,33,35)/b31-20+. The first-order valence-corrected chi connectivity index (χ1v) is 14.8. The molecule has 0 unspecified atom stereocenters. The molecule has 0 aliphatic heterocycles. The van der Waals surface area contributed by atoms with Crippen molar-refractivity contribution in [2.45, 2.75) is 49.6 Å². The fraction of sp³-hybridized carbons (Fsp3) is 0.300. The van der Waals surface area contributed by atoms with Crippen LogP contribution in [-0.4, -0.2) is 49.9 Å². The van der Waals surface area contributed by atoms with Gasteiger partial charge in [0.05, 0.1) is 17.7 Å². The maximum absolute atomic E-state index is 13.3.